The number of allylic oxidation sites excluding steroid dienone is 1. The molecule has 0 aliphatic carbocycles. The van der Waals surface area contributed by atoms with E-state index in [-0.39, 0.29) is 24.6 Å². The summed E-state index contributed by atoms with van der Waals surface area (Å²) >= 11 is 0. The van der Waals surface area contributed by atoms with Crippen LogP contribution in [0, 0.1) is 0 Å². The fourth-order valence-corrected chi connectivity index (χ4v) is 4.18. The fourth-order valence-electron chi connectivity index (χ4n) is 4.18. The summed E-state index contributed by atoms with van der Waals surface area (Å²) in [5, 5.41) is 10.0. The average Bonchev–Trinajstić information content (AvgIpc) is 2.92. The van der Waals surface area contributed by atoms with E-state index in [1.54, 1.807) is 12.1 Å². The smallest absolute Gasteiger partial charge is 0.196 e. The predicted molar refractivity (Wildman–Crippen MR) is 149 cm³/mol. The summed E-state index contributed by atoms with van der Waals surface area (Å²) in [6.07, 6.45) is 3.84. The van der Waals surface area contributed by atoms with Crippen molar-refractivity contribution in [2.75, 3.05) is 6.61 Å². The van der Waals surface area contributed by atoms with Gasteiger partial charge in [0.2, 0.25) is 0 Å². The Kier molecular flexibility index (Phi) is 8.26. The number of hydrogen-bond donors (Lipinski definition) is 1. The highest BCUT2D eigenvalue weighted by Gasteiger charge is 2.16. The van der Waals surface area contributed by atoms with Gasteiger partial charge in [0.05, 0.1) is 6.61 Å². The Hall–Kier alpha value is -4.09. The van der Waals surface area contributed by atoms with E-state index in [1.165, 1.54) is 6.07 Å². The number of hydrogen-bond acceptors (Lipinski definition) is 5. The first kappa shape index (κ1) is 26.0. The quantitative estimate of drug-likeness (QED) is 0.253. The Labute approximate surface area is 217 Å². The summed E-state index contributed by atoms with van der Waals surface area (Å²) in [6, 6.07) is 20.5. The normalized spacial score (nSPS) is 11.6. The van der Waals surface area contributed by atoms with Crippen LogP contribution in [0.4, 0.5) is 0 Å². The lowest BCUT2D eigenvalue weighted by atomic mass is 10.00. The summed E-state index contributed by atoms with van der Waals surface area (Å²) in [4.78, 5) is 13.1. The van der Waals surface area contributed by atoms with Gasteiger partial charge in [0.1, 0.15) is 41.4 Å². The molecule has 1 heterocycles. The number of rotatable bonds is 10. The zero-order chi connectivity index (χ0) is 26.4. The summed E-state index contributed by atoms with van der Waals surface area (Å²) in [5.41, 5.74) is 4.93. The van der Waals surface area contributed by atoms with Gasteiger partial charge in [-0.2, -0.15) is 0 Å². The lowest BCUT2D eigenvalue weighted by Crippen LogP contribution is -2.08. The zero-order valence-electron chi connectivity index (χ0n) is 21.5. The van der Waals surface area contributed by atoms with Gasteiger partial charge in [0.15, 0.2) is 5.43 Å². The van der Waals surface area contributed by atoms with Crippen molar-refractivity contribution in [1.29, 1.82) is 0 Å². The molecule has 5 heteroatoms. The largest absolute Gasteiger partial charge is 0.489 e. The first-order valence-electron chi connectivity index (χ1n) is 12.4. The minimum Gasteiger partial charge on any atom is -0.489 e. The molecule has 0 atom stereocenters. The second-order valence-electron chi connectivity index (χ2n) is 9.07. The third kappa shape index (κ3) is 5.84. The van der Waals surface area contributed by atoms with E-state index in [0.29, 0.717) is 34.8 Å². The highest BCUT2D eigenvalue weighted by molar-refractivity contribution is 5.85. The van der Waals surface area contributed by atoms with Gasteiger partial charge in [-0.05, 0) is 34.8 Å². The summed E-state index contributed by atoms with van der Waals surface area (Å²) < 4.78 is 18.5. The van der Waals surface area contributed by atoms with Gasteiger partial charge >= 0.3 is 0 Å². The molecule has 5 nitrogen and oxygen atoms in total. The molecule has 0 unspecified atom stereocenters. The second kappa shape index (κ2) is 11.8. The Morgan fingerprint density at radius 2 is 1.76 bits per heavy atom. The molecule has 4 aromatic rings. The van der Waals surface area contributed by atoms with Crippen LogP contribution in [-0.2, 0) is 13.2 Å². The van der Waals surface area contributed by atoms with Gasteiger partial charge in [-0.25, -0.2) is 0 Å². The molecule has 0 spiro atoms. The molecule has 0 saturated carbocycles. The average molecular weight is 497 g/mol. The minimum absolute atomic E-state index is 0.0486. The van der Waals surface area contributed by atoms with Gasteiger partial charge in [-0.3, -0.25) is 4.79 Å². The molecule has 0 fully saturated rings. The highest BCUT2D eigenvalue weighted by atomic mass is 16.5. The van der Waals surface area contributed by atoms with E-state index in [9.17, 15) is 9.90 Å². The standard InChI is InChI=1S/C32H32O5/c1-5-22-11-9-10-14-27(22)23(6-2)19-35-26-15-30(36-20-25-13-8-7-12-24(25)18-33)32-28(34)17-29(21(3)4)37-31(32)16-26/h5-17,21,33H,1,18-20H2,2-4H3/b23-6-. The molecule has 0 amide bonds. The Morgan fingerprint density at radius 3 is 2.46 bits per heavy atom. The first-order valence-corrected chi connectivity index (χ1v) is 12.4. The van der Waals surface area contributed by atoms with Crippen molar-refractivity contribution >= 4 is 22.6 Å². The minimum atomic E-state index is -0.170. The van der Waals surface area contributed by atoms with Gasteiger partial charge in [0, 0.05) is 24.1 Å². The summed E-state index contributed by atoms with van der Waals surface area (Å²) in [6.45, 7) is 10.2. The van der Waals surface area contributed by atoms with Crippen molar-refractivity contribution < 1.29 is 19.0 Å². The van der Waals surface area contributed by atoms with Crippen LogP contribution >= 0.6 is 0 Å². The van der Waals surface area contributed by atoms with Gasteiger partial charge in [0.25, 0.3) is 0 Å². The van der Waals surface area contributed by atoms with E-state index in [1.807, 2.05) is 81.5 Å². The van der Waals surface area contributed by atoms with Crippen molar-refractivity contribution in [2.24, 2.45) is 0 Å². The van der Waals surface area contributed by atoms with Crippen molar-refractivity contribution in [3.63, 3.8) is 0 Å². The molecule has 0 aliphatic rings. The third-order valence-corrected chi connectivity index (χ3v) is 6.30. The van der Waals surface area contributed by atoms with Crippen LogP contribution in [-0.4, -0.2) is 11.7 Å². The van der Waals surface area contributed by atoms with Crippen LogP contribution in [0.15, 0.2) is 88.6 Å². The topological polar surface area (TPSA) is 68.9 Å². The molecule has 1 aromatic heterocycles. The van der Waals surface area contributed by atoms with E-state index in [4.69, 9.17) is 13.9 Å². The molecule has 0 bridgehead atoms. The van der Waals surface area contributed by atoms with Gasteiger partial charge in [-0.1, -0.05) is 81.1 Å². The van der Waals surface area contributed by atoms with E-state index in [0.717, 1.165) is 27.8 Å². The van der Waals surface area contributed by atoms with Crippen molar-refractivity contribution in [2.45, 2.75) is 39.9 Å². The van der Waals surface area contributed by atoms with Crippen LogP contribution in [0.1, 0.15) is 54.7 Å². The molecular weight excluding hydrogens is 464 g/mol. The number of ether oxygens (including phenoxy) is 2. The molecule has 0 aliphatic heterocycles. The summed E-state index contributed by atoms with van der Waals surface area (Å²) in [5.74, 6) is 1.54. The molecule has 0 radical (unpaired) electrons. The van der Waals surface area contributed by atoms with Crippen molar-refractivity contribution in [3.8, 4) is 11.5 Å². The van der Waals surface area contributed by atoms with E-state index < -0.39 is 0 Å². The van der Waals surface area contributed by atoms with Crippen LogP contribution in [0.5, 0.6) is 11.5 Å². The molecule has 190 valence electrons. The van der Waals surface area contributed by atoms with E-state index >= 15 is 0 Å². The maximum Gasteiger partial charge on any atom is 0.196 e. The monoisotopic (exact) mass is 496 g/mol. The number of aliphatic hydroxyl groups excluding tert-OH is 1. The molecule has 4 rings (SSSR count). The van der Waals surface area contributed by atoms with Crippen molar-refractivity contribution in [3.05, 3.63) is 118 Å². The Bertz CT molecular complexity index is 1490. The van der Waals surface area contributed by atoms with Crippen LogP contribution in [0.3, 0.4) is 0 Å². The molecule has 3 aromatic carbocycles. The number of aliphatic hydroxyl groups is 1. The lowest BCUT2D eigenvalue weighted by Gasteiger charge is -2.16. The molecule has 0 saturated heterocycles. The number of benzene rings is 3. The predicted octanol–water partition coefficient (Wildman–Crippen LogP) is 7.11. The van der Waals surface area contributed by atoms with E-state index in [2.05, 4.69) is 6.58 Å². The molecular formula is C32H32O5. The van der Waals surface area contributed by atoms with Crippen LogP contribution in [0.25, 0.3) is 22.6 Å². The van der Waals surface area contributed by atoms with Gasteiger partial charge in [-0.15, -0.1) is 0 Å². The maximum absolute atomic E-state index is 13.1. The van der Waals surface area contributed by atoms with Crippen molar-refractivity contribution in [1.82, 2.24) is 0 Å². The van der Waals surface area contributed by atoms with Gasteiger partial charge < -0.3 is 19.0 Å². The van der Waals surface area contributed by atoms with Crippen LogP contribution < -0.4 is 14.9 Å². The lowest BCUT2D eigenvalue weighted by molar-refractivity contribution is 0.269. The molecule has 37 heavy (non-hydrogen) atoms. The zero-order valence-corrected chi connectivity index (χ0v) is 21.5. The fraction of sp³-hybridized carbons (Fsp3) is 0.219. The summed E-state index contributed by atoms with van der Waals surface area (Å²) in [7, 11) is 0. The first-order chi connectivity index (χ1) is 17.9. The third-order valence-electron chi connectivity index (χ3n) is 6.30. The second-order valence-corrected chi connectivity index (χ2v) is 9.07. The Morgan fingerprint density at radius 1 is 1.03 bits per heavy atom. The highest BCUT2D eigenvalue weighted by Crippen LogP contribution is 2.33. The SMILES string of the molecule is C=Cc1ccccc1/C(=C\C)COc1cc(OCc2ccccc2CO)c2c(=O)cc(C(C)C)oc2c1. The van der Waals surface area contributed by atoms with Crippen LogP contribution in [0.2, 0.25) is 0 Å². The molecule has 1 N–H and O–H groups in total. The number of fused-ring (bicyclic) bond motifs is 1. The maximum atomic E-state index is 13.1. The Balaban J connectivity index is 1.71.